The molecule has 122 valence electrons. The lowest BCUT2D eigenvalue weighted by Gasteiger charge is -2.42. The van der Waals surface area contributed by atoms with Crippen molar-refractivity contribution in [3.63, 3.8) is 0 Å². The van der Waals surface area contributed by atoms with E-state index in [2.05, 4.69) is 0 Å². The number of hydrogen-bond acceptors (Lipinski definition) is 3. The molecule has 1 spiro atoms. The third-order valence-corrected chi connectivity index (χ3v) is 5.76. The van der Waals surface area contributed by atoms with Gasteiger partial charge in [-0.05, 0) is 51.4 Å². The molecule has 1 atom stereocenters. The van der Waals surface area contributed by atoms with Crippen LogP contribution in [0.3, 0.4) is 0 Å². The standard InChI is InChI=1S/C17H26N2O3/c20-15(13-6-7-13)19-14(16(21)18-10-4-5-11-18)12-22-17(19)8-2-1-3-9-17/h13-14H,1-12H2. The lowest BCUT2D eigenvalue weighted by molar-refractivity contribution is -0.162. The normalized spacial score (nSPS) is 31.0. The molecule has 4 aliphatic rings. The number of carbonyl (C=O) groups is 2. The van der Waals surface area contributed by atoms with Gasteiger partial charge in [0.15, 0.2) is 0 Å². The average Bonchev–Trinajstić information content (AvgIpc) is 3.13. The summed E-state index contributed by atoms with van der Waals surface area (Å²) in [5.41, 5.74) is -0.474. The predicted molar refractivity (Wildman–Crippen MR) is 80.9 cm³/mol. The fourth-order valence-corrected chi connectivity index (χ4v) is 4.36. The van der Waals surface area contributed by atoms with E-state index in [1.165, 1.54) is 6.42 Å². The lowest BCUT2D eigenvalue weighted by Crippen LogP contribution is -2.57. The highest BCUT2D eigenvalue weighted by Crippen LogP contribution is 2.44. The molecule has 2 aliphatic carbocycles. The Morgan fingerprint density at radius 3 is 2.23 bits per heavy atom. The predicted octanol–water partition coefficient (Wildman–Crippen LogP) is 1.91. The number of ether oxygens (including phenoxy) is 1. The van der Waals surface area contributed by atoms with Gasteiger partial charge >= 0.3 is 0 Å². The zero-order chi connectivity index (χ0) is 15.2. The number of nitrogens with zero attached hydrogens (tertiary/aromatic N) is 2. The van der Waals surface area contributed by atoms with Gasteiger partial charge in [0, 0.05) is 19.0 Å². The SMILES string of the molecule is O=C(C1COC2(CCCCC2)N1C(=O)C1CC1)N1CCCC1. The van der Waals surface area contributed by atoms with Crippen LogP contribution < -0.4 is 0 Å². The molecular formula is C17H26N2O3. The van der Waals surface area contributed by atoms with Gasteiger partial charge in [-0.15, -0.1) is 0 Å². The average molecular weight is 306 g/mol. The summed E-state index contributed by atoms with van der Waals surface area (Å²) in [6.07, 6.45) is 9.33. The Morgan fingerprint density at radius 1 is 0.909 bits per heavy atom. The highest BCUT2D eigenvalue weighted by atomic mass is 16.5. The van der Waals surface area contributed by atoms with Gasteiger partial charge in [0.1, 0.15) is 11.8 Å². The van der Waals surface area contributed by atoms with E-state index in [9.17, 15) is 9.59 Å². The van der Waals surface area contributed by atoms with Crippen molar-refractivity contribution in [1.29, 1.82) is 0 Å². The summed E-state index contributed by atoms with van der Waals surface area (Å²) in [5, 5.41) is 0. The highest BCUT2D eigenvalue weighted by molar-refractivity contribution is 5.90. The molecule has 2 saturated carbocycles. The second kappa shape index (κ2) is 5.52. The Hall–Kier alpha value is -1.10. The summed E-state index contributed by atoms with van der Waals surface area (Å²) in [6, 6.07) is -0.371. The summed E-state index contributed by atoms with van der Waals surface area (Å²) in [7, 11) is 0. The van der Waals surface area contributed by atoms with E-state index in [1.54, 1.807) is 0 Å². The summed E-state index contributed by atoms with van der Waals surface area (Å²) in [6.45, 7) is 2.08. The van der Waals surface area contributed by atoms with E-state index < -0.39 is 5.72 Å². The second-order valence-electron chi connectivity index (χ2n) is 7.35. The van der Waals surface area contributed by atoms with Crippen LogP contribution in [0.1, 0.15) is 57.8 Å². The molecule has 0 bridgehead atoms. The third kappa shape index (κ3) is 2.34. The molecule has 2 saturated heterocycles. The van der Waals surface area contributed by atoms with Gasteiger partial charge in [-0.2, -0.15) is 0 Å². The van der Waals surface area contributed by atoms with Gasteiger partial charge in [-0.25, -0.2) is 0 Å². The van der Waals surface area contributed by atoms with Gasteiger partial charge in [0.25, 0.3) is 0 Å². The van der Waals surface area contributed by atoms with E-state index in [-0.39, 0.29) is 23.8 Å². The van der Waals surface area contributed by atoms with Crippen LogP contribution in [0, 0.1) is 5.92 Å². The maximum Gasteiger partial charge on any atom is 0.247 e. The summed E-state index contributed by atoms with van der Waals surface area (Å²) in [4.78, 5) is 29.6. The van der Waals surface area contributed by atoms with Gasteiger partial charge in [-0.1, -0.05) is 6.42 Å². The maximum absolute atomic E-state index is 12.9. The van der Waals surface area contributed by atoms with Gasteiger partial charge in [-0.3, -0.25) is 14.5 Å². The smallest absolute Gasteiger partial charge is 0.247 e. The minimum atomic E-state index is -0.474. The summed E-state index contributed by atoms with van der Waals surface area (Å²) < 4.78 is 6.14. The molecule has 0 aromatic heterocycles. The van der Waals surface area contributed by atoms with Crippen molar-refractivity contribution < 1.29 is 14.3 Å². The van der Waals surface area contributed by atoms with Crippen molar-refractivity contribution in [3.8, 4) is 0 Å². The zero-order valence-electron chi connectivity index (χ0n) is 13.3. The molecule has 2 amide bonds. The van der Waals surface area contributed by atoms with Crippen molar-refractivity contribution in [2.75, 3.05) is 19.7 Å². The van der Waals surface area contributed by atoms with E-state index >= 15 is 0 Å². The molecule has 5 nitrogen and oxygen atoms in total. The number of hydrogen-bond donors (Lipinski definition) is 0. The first-order valence-corrected chi connectivity index (χ1v) is 8.97. The van der Waals surface area contributed by atoms with E-state index in [0.717, 1.165) is 64.5 Å². The van der Waals surface area contributed by atoms with E-state index in [4.69, 9.17) is 4.74 Å². The van der Waals surface area contributed by atoms with Crippen LogP contribution in [0.2, 0.25) is 0 Å². The minimum Gasteiger partial charge on any atom is -0.353 e. The Bertz CT molecular complexity index is 463. The van der Waals surface area contributed by atoms with Gasteiger partial charge in [0.05, 0.1) is 6.61 Å². The quantitative estimate of drug-likeness (QED) is 0.783. The van der Waals surface area contributed by atoms with Crippen molar-refractivity contribution >= 4 is 11.8 Å². The molecule has 22 heavy (non-hydrogen) atoms. The largest absolute Gasteiger partial charge is 0.353 e. The fraction of sp³-hybridized carbons (Fsp3) is 0.882. The van der Waals surface area contributed by atoms with Crippen molar-refractivity contribution in [2.45, 2.75) is 69.6 Å². The highest BCUT2D eigenvalue weighted by Gasteiger charge is 2.55. The fourth-order valence-electron chi connectivity index (χ4n) is 4.36. The second-order valence-corrected chi connectivity index (χ2v) is 7.35. The van der Waals surface area contributed by atoms with Crippen molar-refractivity contribution in [1.82, 2.24) is 9.80 Å². The van der Waals surface area contributed by atoms with Crippen LogP contribution >= 0.6 is 0 Å². The Kier molecular flexibility index (Phi) is 3.63. The van der Waals surface area contributed by atoms with Crippen molar-refractivity contribution in [3.05, 3.63) is 0 Å². The first-order chi connectivity index (χ1) is 10.7. The zero-order valence-corrected chi connectivity index (χ0v) is 13.3. The third-order valence-electron chi connectivity index (χ3n) is 5.76. The summed E-state index contributed by atoms with van der Waals surface area (Å²) in [5.74, 6) is 0.445. The van der Waals surface area contributed by atoms with E-state index in [1.807, 2.05) is 9.80 Å². The maximum atomic E-state index is 12.9. The molecule has 2 aliphatic heterocycles. The number of amides is 2. The van der Waals surface area contributed by atoms with Gasteiger partial charge < -0.3 is 9.64 Å². The minimum absolute atomic E-state index is 0.119. The Balaban J connectivity index is 1.59. The topological polar surface area (TPSA) is 49.9 Å². The molecule has 4 fully saturated rings. The van der Waals surface area contributed by atoms with Crippen LogP contribution in [0.4, 0.5) is 0 Å². The van der Waals surface area contributed by atoms with Crippen molar-refractivity contribution in [2.24, 2.45) is 5.92 Å². The van der Waals surface area contributed by atoms with E-state index in [0.29, 0.717) is 6.61 Å². The molecule has 2 heterocycles. The molecule has 0 aromatic rings. The number of rotatable bonds is 2. The number of likely N-dealkylation sites (tertiary alicyclic amines) is 1. The molecular weight excluding hydrogens is 280 g/mol. The Morgan fingerprint density at radius 2 is 1.59 bits per heavy atom. The molecule has 1 unspecified atom stereocenters. The van der Waals surface area contributed by atoms with Crippen LogP contribution in [0.25, 0.3) is 0 Å². The molecule has 0 aromatic carbocycles. The molecule has 5 heteroatoms. The first-order valence-electron chi connectivity index (χ1n) is 8.97. The van der Waals surface area contributed by atoms with Gasteiger partial charge in [0.2, 0.25) is 11.8 Å². The van der Waals surface area contributed by atoms with Crippen LogP contribution in [-0.2, 0) is 14.3 Å². The lowest BCUT2D eigenvalue weighted by atomic mass is 9.89. The Labute approximate surface area is 132 Å². The summed E-state index contributed by atoms with van der Waals surface area (Å²) >= 11 is 0. The number of carbonyl (C=O) groups excluding carboxylic acids is 2. The first kappa shape index (κ1) is 14.5. The molecule has 0 N–H and O–H groups in total. The van der Waals surface area contributed by atoms with Crippen LogP contribution in [0.15, 0.2) is 0 Å². The molecule has 4 rings (SSSR count). The van der Waals surface area contributed by atoms with Crippen LogP contribution in [-0.4, -0.2) is 53.1 Å². The molecule has 0 radical (unpaired) electrons. The van der Waals surface area contributed by atoms with Crippen LogP contribution in [0.5, 0.6) is 0 Å². The monoisotopic (exact) mass is 306 g/mol.